The molecule has 0 saturated carbocycles. The van der Waals surface area contributed by atoms with E-state index in [9.17, 15) is 9.59 Å². The minimum Gasteiger partial charge on any atom is -0.493 e. The number of hydrogen-bond donors (Lipinski definition) is 1. The van der Waals surface area contributed by atoms with Crippen LogP contribution < -0.4 is 10.1 Å². The zero-order valence-corrected chi connectivity index (χ0v) is 15.3. The lowest BCUT2D eigenvalue weighted by atomic mass is 10.0. The highest BCUT2D eigenvalue weighted by molar-refractivity contribution is 6.16. The van der Waals surface area contributed by atoms with Crippen LogP contribution in [0.3, 0.4) is 0 Å². The zero-order chi connectivity index (χ0) is 19.2. The van der Waals surface area contributed by atoms with Crippen LogP contribution in [0.15, 0.2) is 60.7 Å². The smallest absolute Gasteiger partial charge is 0.340 e. The molecule has 5 nitrogen and oxygen atoms in total. The van der Waals surface area contributed by atoms with Gasteiger partial charge in [0, 0.05) is 0 Å². The summed E-state index contributed by atoms with van der Waals surface area (Å²) < 4.78 is 10.7. The van der Waals surface area contributed by atoms with Gasteiger partial charge in [-0.15, -0.1) is 0 Å². The lowest BCUT2D eigenvalue weighted by Gasteiger charge is -2.15. The van der Waals surface area contributed by atoms with Gasteiger partial charge in [-0.05, 0) is 42.8 Å². The molecule has 1 amide bonds. The highest BCUT2D eigenvalue weighted by atomic mass is 16.5. The normalized spacial score (nSPS) is 10.4. The molecule has 0 aliphatic carbocycles. The summed E-state index contributed by atoms with van der Waals surface area (Å²) in [5.74, 6) is -0.314. The molecular formula is C22H21NO4. The first-order chi connectivity index (χ1) is 13.2. The fourth-order valence-electron chi connectivity index (χ4n) is 2.93. The van der Waals surface area contributed by atoms with E-state index in [0.717, 1.165) is 10.8 Å². The second-order valence-corrected chi connectivity index (χ2v) is 5.81. The van der Waals surface area contributed by atoms with E-state index in [-0.39, 0.29) is 12.5 Å². The van der Waals surface area contributed by atoms with Crippen LogP contribution in [0, 0.1) is 0 Å². The van der Waals surface area contributed by atoms with Crippen LogP contribution in [0.25, 0.3) is 10.8 Å². The Kier molecular flexibility index (Phi) is 5.71. The predicted octanol–water partition coefficient (Wildman–Crippen LogP) is 4.67. The number of hydrogen-bond acceptors (Lipinski definition) is 4. The summed E-state index contributed by atoms with van der Waals surface area (Å²) >= 11 is 0. The van der Waals surface area contributed by atoms with Gasteiger partial charge in [-0.1, -0.05) is 42.5 Å². The summed E-state index contributed by atoms with van der Waals surface area (Å²) in [4.78, 5) is 25.3. The van der Waals surface area contributed by atoms with Crippen molar-refractivity contribution in [3.8, 4) is 5.75 Å². The van der Waals surface area contributed by atoms with Crippen LogP contribution in [0.2, 0.25) is 0 Å². The Morgan fingerprint density at radius 2 is 1.63 bits per heavy atom. The molecule has 1 N–H and O–H groups in total. The molecule has 0 aliphatic rings. The van der Waals surface area contributed by atoms with Crippen LogP contribution >= 0.6 is 0 Å². The number of anilines is 1. The Balaban J connectivity index is 2.03. The Bertz CT molecular complexity index is 981. The van der Waals surface area contributed by atoms with Gasteiger partial charge in [0.05, 0.1) is 30.0 Å². The number of fused-ring (bicyclic) bond motifs is 1. The van der Waals surface area contributed by atoms with Crippen molar-refractivity contribution >= 4 is 28.3 Å². The van der Waals surface area contributed by atoms with E-state index < -0.39 is 5.97 Å². The largest absolute Gasteiger partial charge is 0.493 e. The molecule has 0 unspecified atom stereocenters. The second-order valence-electron chi connectivity index (χ2n) is 5.81. The quantitative estimate of drug-likeness (QED) is 0.647. The van der Waals surface area contributed by atoms with Crippen LogP contribution in [0.4, 0.5) is 5.69 Å². The molecule has 3 rings (SSSR count). The number of esters is 1. The third-order valence-electron chi connectivity index (χ3n) is 4.09. The molecule has 0 spiro atoms. The molecule has 27 heavy (non-hydrogen) atoms. The summed E-state index contributed by atoms with van der Waals surface area (Å²) in [6, 6.07) is 18.1. The molecule has 0 aliphatic heterocycles. The van der Waals surface area contributed by atoms with Gasteiger partial charge in [-0.3, -0.25) is 4.79 Å². The van der Waals surface area contributed by atoms with E-state index in [1.807, 2.05) is 37.3 Å². The third-order valence-corrected chi connectivity index (χ3v) is 4.09. The van der Waals surface area contributed by atoms with Crippen molar-refractivity contribution in [2.75, 3.05) is 18.5 Å². The van der Waals surface area contributed by atoms with Crippen LogP contribution in [0.1, 0.15) is 34.6 Å². The first kappa shape index (κ1) is 18.5. The molecule has 3 aromatic carbocycles. The molecule has 0 atom stereocenters. The summed E-state index contributed by atoms with van der Waals surface area (Å²) in [5, 5.41) is 4.56. The van der Waals surface area contributed by atoms with Gasteiger partial charge in [-0.25, -0.2) is 4.79 Å². The summed E-state index contributed by atoms with van der Waals surface area (Å²) in [5.41, 5.74) is 1.15. The SMILES string of the molecule is CCOC(=O)c1ccccc1NC(=O)c1c(OCC)ccc2ccccc12. The molecule has 0 bridgehead atoms. The first-order valence-corrected chi connectivity index (χ1v) is 8.87. The van der Waals surface area contributed by atoms with Crippen molar-refractivity contribution in [1.82, 2.24) is 0 Å². The fraction of sp³-hybridized carbons (Fsp3) is 0.182. The number of nitrogens with one attached hydrogen (secondary N) is 1. The Hall–Kier alpha value is -3.34. The van der Waals surface area contributed by atoms with Gasteiger partial charge in [0.25, 0.3) is 5.91 Å². The Labute approximate surface area is 157 Å². The topological polar surface area (TPSA) is 64.6 Å². The van der Waals surface area contributed by atoms with Gasteiger partial charge in [0.2, 0.25) is 0 Å². The number of ether oxygens (including phenoxy) is 2. The highest BCUT2D eigenvalue weighted by Gasteiger charge is 2.19. The van der Waals surface area contributed by atoms with Crippen molar-refractivity contribution < 1.29 is 19.1 Å². The average molecular weight is 363 g/mol. The van der Waals surface area contributed by atoms with Crippen LogP contribution in [0.5, 0.6) is 5.75 Å². The Morgan fingerprint density at radius 3 is 2.41 bits per heavy atom. The van der Waals surface area contributed by atoms with Gasteiger partial charge >= 0.3 is 5.97 Å². The van der Waals surface area contributed by atoms with Gasteiger partial charge < -0.3 is 14.8 Å². The number of carbonyl (C=O) groups excluding carboxylic acids is 2. The van der Waals surface area contributed by atoms with E-state index >= 15 is 0 Å². The monoisotopic (exact) mass is 363 g/mol. The Morgan fingerprint density at radius 1 is 0.889 bits per heavy atom. The molecule has 0 aromatic heterocycles. The third kappa shape index (κ3) is 3.92. The molecule has 0 heterocycles. The van der Waals surface area contributed by atoms with Crippen molar-refractivity contribution in [3.63, 3.8) is 0 Å². The van der Waals surface area contributed by atoms with E-state index in [1.54, 1.807) is 37.3 Å². The summed E-state index contributed by atoms with van der Waals surface area (Å²) in [6.45, 7) is 4.31. The van der Waals surface area contributed by atoms with Crippen LogP contribution in [-0.2, 0) is 4.74 Å². The van der Waals surface area contributed by atoms with Crippen molar-refractivity contribution in [2.45, 2.75) is 13.8 Å². The predicted molar refractivity (Wildman–Crippen MR) is 105 cm³/mol. The van der Waals surface area contributed by atoms with E-state index in [0.29, 0.717) is 29.2 Å². The molecule has 0 fully saturated rings. The average Bonchev–Trinajstić information content (AvgIpc) is 2.68. The van der Waals surface area contributed by atoms with Gasteiger partial charge in [0.15, 0.2) is 0 Å². The lowest BCUT2D eigenvalue weighted by molar-refractivity contribution is 0.0527. The summed E-state index contributed by atoms with van der Waals surface area (Å²) in [7, 11) is 0. The van der Waals surface area contributed by atoms with Crippen molar-refractivity contribution in [3.05, 3.63) is 71.8 Å². The first-order valence-electron chi connectivity index (χ1n) is 8.87. The van der Waals surface area contributed by atoms with E-state index in [4.69, 9.17) is 9.47 Å². The van der Waals surface area contributed by atoms with E-state index in [2.05, 4.69) is 5.32 Å². The van der Waals surface area contributed by atoms with E-state index in [1.165, 1.54) is 0 Å². The molecule has 0 radical (unpaired) electrons. The fourth-order valence-corrected chi connectivity index (χ4v) is 2.93. The molecular weight excluding hydrogens is 342 g/mol. The maximum Gasteiger partial charge on any atom is 0.340 e. The number of amides is 1. The summed E-state index contributed by atoms with van der Waals surface area (Å²) in [6.07, 6.45) is 0. The van der Waals surface area contributed by atoms with Crippen LogP contribution in [-0.4, -0.2) is 25.1 Å². The second kappa shape index (κ2) is 8.36. The minimum atomic E-state index is -0.476. The minimum absolute atomic E-state index is 0.263. The van der Waals surface area contributed by atoms with Gasteiger partial charge in [-0.2, -0.15) is 0 Å². The number of rotatable bonds is 6. The number of carbonyl (C=O) groups is 2. The molecule has 0 saturated heterocycles. The standard InChI is InChI=1S/C22H21NO4/c1-3-26-19-14-13-15-9-5-6-10-16(15)20(19)21(24)23-18-12-8-7-11-17(18)22(25)27-4-2/h5-14H,3-4H2,1-2H3,(H,23,24). The van der Waals surface area contributed by atoms with Crippen molar-refractivity contribution in [1.29, 1.82) is 0 Å². The maximum atomic E-state index is 13.1. The highest BCUT2D eigenvalue weighted by Crippen LogP contribution is 2.29. The molecule has 3 aromatic rings. The lowest BCUT2D eigenvalue weighted by Crippen LogP contribution is -2.17. The maximum absolute atomic E-state index is 13.1. The number of benzene rings is 3. The van der Waals surface area contributed by atoms with Gasteiger partial charge in [0.1, 0.15) is 5.75 Å². The van der Waals surface area contributed by atoms with Crippen molar-refractivity contribution in [2.24, 2.45) is 0 Å². The zero-order valence-electron chi connectivity index (χ0n) is 15.3. The number of para-hydroxylation sites is 1. The molecule has 5 heteroatoms. The molecule has 138 valence electrons.